The Morgan fingerprint density at radius 2 is 1.55 bits per heavy atom. The van der Waals surface area contributed by atoms with Gasteiger partial charge < -0.3 is 26.6 Å². The monoisotopic (exact) mass is 532 g/mol. The Morgan fingerprint density at radius 1 is 0.868 bits per heavy atom. The molecule has 0 bridgehead atoms. The molecule has 9 nitrogen and oxygen atoms in total. The molecule has 0 aliphatic rings. The second kappa shape index (κ2) is 12.0. The van der Waals surface area contributed by atoms with Crippen LogP contribution in [0.15, 0.2) is 84.9 Å². The fraction of sp³-hybridized carbons (Fsp3) is 0.0714. The molecule has 1 heterocycles. The molecular formula is C28H25ClN4O5. The smallest absolute Gasteiger partial charge is 0.340 e. The van der Waals surface area contributed by atoms with Crippen LogP contribution in [0.3, 0.4) is 0 Å². The van der Waals surface area contributed by atoms with Gasteiger partial charge in [0, 0.05) is 22.4 Å². The predicted molar refractivity (Wildman–Crippen MR) is 148 cm³/mol. The van der Waals surface area contributed by atoms with Crippen LogP contribution in [0.5, 0.6) is 5.75 Å². The highest BCUT2D eigenvalue weighted by Gasteiger charge is 2.23. The molecule has 1 unspecified atom stereocenters. The lowest BCUT2D eigenvalue weighted by molar-refractivity contribution is -0.117. The molecule has 3 aromatic carbocycles. The normalized spacial score (nSPS) is 11.1. The van der Waals surface area contributed by atoms with Gasteiger partial charge in [-0.25, -0.2) is 9.78 Å². The second-order valence-electron chi connectivity index (χ2n) is 8.28. The molecule has 1 atom stereocenters. The number of phenols is 1. The molecule has 0 aliphatic carbocycles. The Labute approximate surface area is 224 Å². The fourth-order valence-corrected chi connectivity index (χ4v) is 3.70. The molecule has 1 aromatic heterocycles. The van der Waals surface area contributed by atoms with Gasteiger partial charge in [-0.05, 0) is 55.0 Å². The molecular weight excluding hydrogens is 508 g/mol. The van der Waals surface area contributed by atoms with Gasteiger partial charge in [-0.3, -0.25) is 9.59 Å². The molecule has 4 rings (SSSR count). The summed E-state index contributed by atoms with van der Waals surface area (Å²) >= 11 is 0. The van der Waals surface area contributed by atoms with Gasteiger partial charge >= 0.3 is 5.97 Å². The first-order valence-corrected chi connectivity index (χ1v) is 11.3. The molecule has 38 heavy (non-hydrogen) atoms. The van der Waals surface area contributed by atoms with Crippen molar-refractivity contribution >= 4 is 41.7 Å². The number of carboxylic acid groups (broad SMARTS) is 1. The SMILES string of the molecule is CC(N)C(=O)Nc1cccc(-c2cc(-c3ccccc3O)nc(NC(=O)c3ccccc3)c2C(=O)O)c1.Cl. The fourth-order valence-electron chi connectivity index (χ4n) is 3.70. The topological polar surface area (TPSA) is 155 Å². The number of carbonyl (C=O) groups excluding carboxylic acids is 2. The van der Waals surface area contributed by atoms with Crippen molar-refractivity contribution in [2.45, 2.75) is 13.0 Å². The number of anilines is 2. The van der Waals surface area contributed by atoms with Gasteiger partial charge in [-0.15, -0.1) is 12.4 Å². The van der Waals surface area contributed by atoms with Crippen molar-refractivity contribution in [3.8, 4) is 28.1 Å². The zero-order valence-corrected chi connectivity index (χ0v) is 21.0. The predicted octanol–water partition coefficient (Wildman–Crippen LogP) is 4.78. The first kappa shape index (κ1) is 27.9. The molecule has 4 aromatic rings. The number of carbonyl (C=O) groups is 3. The number of pyridine rings is 1. The number of amides is 2. The summed E-state index contributed by atoms with van der Waals surface area (Å²) in [5.74, 6) is -2.53. The van der Waals surface area contributed by atoms with Crippen LogP contribution in [0.25, 0.3) is 22.4 Å². The van der Waals surface area contributed by atoms with Crippen LogP contribution in [0.1, 0.15) is 27.6 Å². The highest BCUT2D eigenvalue weighted by atomic mass is 35.5. The molecule has 10 heteroatoms. The molecule has 6 N–H and O–H groups in total. The van der Waals surface area contributed by atoms with Crippen LogP contribution in [0.2, 0.25) is 0 Å². The van der Waals surface area contributed by atoms with Crippen molar-refractivity contribution in [1.82, 2.24) is 4.98 Å². The number of hydrogen-bond acceptors (Lipinski definition) is 6. The van der Waals surface area contributed by atoms with Crippen LogP contribution in [-0.4, -0.2) is 39.0 Å². The first-order valence-electron chi connectivity index (χ1n) is 11.3. The average Bonchev–Trinajstić information content (AvgIpc) is 2.89. The van der Waals surface area contributed by atoms with Gasteiger partial charge in [0.25, 0.3) is 5.91 Å². The Bertz CT molecular complexity index is 1490. The van der Waals surface area contributed by atoms with Gasteiger partial charge in [-0.2, -0.15) is 0 Å². The number of aromatic nitrogens is 1. The maximum atomic E-state index is 12.9. The van der Waals surface area contributed by atoms with Crippen LogP contribution in [-0.2, 0) is 4.79 Å². The number of nitrogens with two attached hydrogens (primary N) is 1. The maximum Gasteiger partial charge on any atom is 0.340 e. The van der Waals surface area contributed by atoms with Gasteiger partial charge in [0.15, 0.2) is 0 Å². The highest BCUT2D eigenvalue weighted by molar-refractivity contribution is 6.10. The van der Waals surface area contributed by atoms with E-state index >= 15 is 0 Å². The average molecular weight is 533 g/mol. The number of carboxylic acids is 1. The van der Waals surface area contributed by atoms with E-state index in [4.69, 9.17) is 5.73 Å². The summed E-state index contributed by atoms with van der Waals surface area (Å²) in [5.41, 5.74) is 7.37. The number of benzene rings is 3. The number of aromatic carboxylic acids is 1. The zero-order chi connectivity index (χ0) is 26.5. The van der Waals surface area contributed by atoms with E-state index in [0.717, 1.165) is 0 Å². The largest absolute Gasteiger partial charge is 0.507 e. The summed E-state index contributed by atoms with van der Waals surface area (Å²) in [7, 11) is 0. The molecule has 0 saturated carbocycles. The molecule has 2 amide bonds. The zero-order valence-electron chi connectivity index (χ0n) is 20.2. The van der Waals surface area contributed by atoms with E-state index in [1.807, 2.05) is 0 Å². The van der Waals surface area contributed by atoms with Crippen molar-refractivity contribution in [3.05, 3.63) is 96.1 Å². The van der Waals surface area contributed by atoms with Crippen LogP contribution in [0, 0.1) is 0 Å². The van der Waals surface area contributed by atoms with Crippen molar-refractivity contribution in [1.29, 1.82) is 0 Å². The Morgan fingerprint density at radius 3 is 2.21 bits per heavy atom. The lowest BCUT2D eigenvalue weighted by Crippen LogP contribution is -2.32. The Balaban J connectivity index is 0.00000400. The molecule has 0 fully saturated rings. The summed E-state index contributed by atoms with van der Waals surface area (Å²) in [6.07, 6.45) is 0. The van der Waals surface area contributed by atoms with Crippen LogP contribution < -0.4 is 16.4 Å². The lowest BCUT2D eigenvalue weighted by atomic mass is 9.97. The number of rotatable bonds is 7. The standard InChI is InChI=1S/C28H24N4O5.ClH/c1-16(29)26(34)30-19-11-7-10-18(14-19)21-15-22(20-12-5-6-13-23(20)33)31-25(24(21)28(36)37)32-27(35)17-8-3-2-4-9-17;/h2-16,33H,29H2,1H3,(H,30,34)(H,36,37)(H,31,32,35);1H. The van der Waals surface area contributed by atoms with Gasteiger partial charge in [-0.1, -0.05) is 42.5 Å². The third-order valence-corrected chi connectivity index (χ3v) is 5.54. The van der Waals surface area contributed by atoms with Gasteiger partial charge in [0.05, 0.1) is 11.7 Å². The number of aromatic hydroxyl groups is 1. The number of halogens is 1. The van der Waals surface area contributed by atoms with E-state index in [9.17, 15) is 24.6 Å². The van der Waals surface area contributed by atoms with E-state index in [0.29, 0.717) is 22.4 Å². The van der Waals surface area contributed by atoms with E-state index in [1.165, 1.54) is 12.1 Å². The second-order valence-corrected chi connectivity index (χ2v) is 8.28. The first-order chi connectivity index (χ1) is 17.7. The quantitative estimate of drug-likeness (QED) is 0.229. The third kappa shape index (κ3) is 6.15. The van der Waals surface area contributed by atoms with Crippen molar-refractivity contribution < 1.29 is 24.6 Å². The van der Waals surface area contributed by atoms with E-state index < -0.39 is 23.8 Å². The van der Waals surface area contributed by atoms with Crippen molar-refractivity contribution in [2.24, 2.45) is 5.73 Å². The third-order valence-electron chi connectivity index (χ3n) is 5.54. The summed E-state index contributed by atoms with van der Waals surface area (Å²) < 4.78 is 0. The maximum absolute atomic E-state index is 12.9. The molecule has 0 spiro atoms. The van der Waals surface area contributed by atoms with Crippen molar-refractivity contribution in [2.75, 3.05) is 10.6 Å². The summed E-state index contributed by atoms with van der Waals surface area (Å²) in [4.78, 5) is 41.9. The molecule has 0 aliphatic heterocycles. The number of nitrogens with zero attached hydrogens (tertiary/aromatic N) is 1. The van der Waals surface area contributed by atoms with Gasteiger partial charge in [0.2, 0.25) is 5.91 Å². The van der Waals surface area contributed by atoms with Crippen LogP contribution >= 0.6 is 12.4 Å². The van der Waals surface area contributed by atoms with Gasteiger partial charge in [0.1, 0.15) is 17.1 Å². The summed E-state index contributed by atoms with van der Waals surface area (Å²) in [6, 6.07) is 22.1. The number of phenolic OH excluding ortho intramolecular Hbond substituents is 1. The minimum absolute atomic E-state index is 0. The molecule has 0 saturated heterocycles. The Hall–Kier alpha value is -4.73. The lowest BCUT2D eigenvalue weighted by Gasteiger charge is -2.16. The van der Waals surface area contributed by atoms with E-state index in [-0.39, 0.29) is 40.8 Å². The molecule has 194 valence electrons. The van der Waals surface area contributed by atoms with Crippen LogP contribution in [0.4, 0.5) is 11.5 Å². The van der Waals surface area contributed by atoms with Crippen molar-refractivity contribution in [3.63, 3.8) is 0 Å². The Kier molecular flexibility index (Phi) is 8.80. The highest BCUT2D eigenvalue weighted by Crippen LogP contribution is 2.36. The molecule has 0 radical (unpaired) electrons. The summed E-state index contributed by atoms with van der Waals surface area (Å²) in [6.45, 7) is 1.55. The number of hydrogen-bond donors (Lipinski definition) is 5. The van der Waals surface area contributed by atoms with E-state index in [1.54, 1.807) is 79.7 Å². The minimum atomic E-state index is -1.32. The van der Waals surface area contributed by atoms with E-state index in [2.05, 4.69) is 15.6 Å². The number of nitrogens with one attached hydrogen (secondary N) is 2. The number of para-hydroxylation sites is 1. The minimum Gasteiger partial charge on any atom is -0.507 e. The summed E-state index contributed by atoms with van der Waals surface area (Å²) in [5, 5.41) is 25.9.